The van der Waals surface area contributed by atoms with Crippen molar-refractivity contribution in [2.45, 2.75) is 12.8 Å². The van der Waals surface area contributed by atoms with Crippen LogP contribution in [0.1, 0.15) is 22.3 Å². The molecule has 0 unspecified atom stereocenters. The summed E-state index contributed by atoms with van der Waals surface area (Å²) in [7, 11) is 0. The summed E-state index contributed by atoms with van der Waals surface area (Å²) in [5, 5.41) is 5.30. The van der Waals surface area contributed by atoms with Gasteiger partial charge in [-0.1, -0.05) is 109 Å². The first kappa shape index (κ1) is 16.8. The quantitative estimate of drug-likeness (QED) is 0.299. The Morgan fingerprint density at radius 2 is 0.786 bits per heavy atom. The molecule has 0 saturated carbocycles. The van der Waals surface area contributed by atoms with Crippen LogP contribution in [0, 0.1) is 0 Å². The van der Waals surface area contributed by atoms with Crippen LogP contribution >= 0.6 is 0 Å². The minimum atomic E-state index is 0.977. The highest BCUT2D eigenvalue weighted by atomic mass is 14.1. The SMILES string of the molecule is c1ccc(Cc2ccc3c(ccc4cc(Cc5ccccc5)ccc43)c2)cc1. The summed E-state index contributed by atoms with van der Waals surface area (Å²) in [5.74, 6) is 0. The molecule has 0 aliphatic heterocycles. The van der Waals surface area contributed by atoms with E-state index in [1.807, 2.05) is 0 Å². The molecule has 0 aliphatic carbocycles. The molecule has 0 spiro atoms. The van der Waals surface area contributed by atoms with Gasteiger partial charge in [0, 0.05) is 0 Å². The number of benzene rings is 5. The first-order chi connectivity index (χ1) is 13.8. The van der Waals surface area contributed by atoms with Gasteiger partial charge in [0.05, 0.1) is 0 Å². The number of fused-ring (bicyclic) bond motifs is 3. The lowest BCUT2D eigenvalue weighted by atomic mass is 9.95. The Hall–Kier alpha value is -3.38. The van der Waals surface area contributed by atoms with E-state index in [0.717, 1.165) is 12.8 Å². The second-order valence-electron chi connectivity index (χ2n) is 7.50. The lowest BCUT2D eigenvalue weighted by Gasteiger charge is -2.09. The van der Waals surface area contributed by atoms with Crippen molar-refractivity contribution in [1.29, 1.82) is 0 Å². The number of hydrogen-bond acceptors (Lipinski definition) is 0. The molecule has 0 N–H and O–H groups in total. The Balaban J connectivity index is 1.49. The molecule has 0 nitrogen and oxygen atoms in total. The van der Waals surface area contributed by atoms with E-state index in [9.17, 15) is 0 Å². The van der Waals surface area contributed by atoms with Gasteiger partial charge in [-0.15, -0.1) is 0 Å². The first-order valence-electron chi connectivity index (χ1n) is 9.87. The molecule has 0 heteroatoms. The fourth-order valence-corrected chi connectivity index (χ4v) is 4.05. The summed E-state index contributed by atoms with van der Waals surface area (Å²) in [4.78, 5) is 0. The maximum atomic E-state index is 2.33. The third-order valence-electron chi connectivity index (χ3n) is 5.47. The molecule has 0 saturated heterocycles. The third-order valence-corrected chi connectivity index (χ3v) is 5.47. The van der Waals surface area contributed by atoms with Gasteiger partial charge in [-0.2, -0.15) is 0 Å². The van der Waals surface area contributed by atoms with Crippen molar-refractivity contribution in [3.8, 4) is 0 Å². The van der Waals surface area contributed by atoms with Crippen LogP contribution in [0.25, 0.3) is 21.5 Å². The molecule has 0 fully saturated rings. The predicted octanol–water partition coefficient (Wildman–Crippen LogP) is 7.17. The summed E-state index contributed by atoms with van der Waals surface area (Å²) in [6.45, 7) is 0. The molecule has 5 aromatic carbocycles. The van der Waals surface area contributed by atoms with Gasteiger partial charge < -0.3 is 0 Å². The summed E-state index contributed by atoms with van der Waals surface area (Å²) in [5.41, 5.74) is 5.43. The molecule has 5 rings (SSSR count). The molecule has 0 radical (unpaired) electrons. The number of hydrogen-bond donors (Lipinski definition) is 0. The van der Waals surface area contributed by atoms with E-state index in [0.29, 0.717) is 0 Å². The van der Waals surface area contributed by atoms with E-state index < -0.39 is 0 Å². The fourth-order valence-electron chi connectivity index (χ4n) is 4.05. The van der Waals surface area contributed by atoms with Crippen LogP contribution in [-0.2, 0) is 12.8 Å². The average Bonchev–Trinajstić information content (AvgIpc) is 2.75. The van der Waals surface area contributed by atoms with Crippen molar-refractivity contribution in [1.82, 2.24) is 0 Å². The Kier molecular flexibility index (Phi) is 4.39. The smallest absolute Gasteiger partial charge is 0.00256 e. The van der Waals surface area contributed by atoms with E-state index in [-0.39, 0.29) is 0 Å². The molecule has 134 valence electrons. The summed E-state index contributed by atoms with van der Waals surface area (Å²) < 4.78 is 0. The average molecular weight is 358 g/mol. The highest BCUT2D eigenvalue weighted by molar-refractivity contribution is 6.07. The van der Waals surface area contributed by atoms with Gasteiger partial charge in [-0.25, -0.2) is 0 Å². The van der Waals surface area contributed by atoms with Gasteiger partial charge in [-0.05, 0) is 56.6 Å². The summed E-state index contributed by atoms with van der Waals surface area (Å²) >= 11 is 0. The fraction of sp³-hybridized carbons (Fsp3) is 0.0714. The molecular formula is C28H22. The maximum absolute atomic E-state index is 2.33. The summed E-state index contributed by atoms with van der Waals surface area (Å²) in [6, 6.07) is 39.6. The van der Waals surface area contributed by atoms with Crippen LogP contribution in [0.4, 0.5) is 0 Å². The van der Waals surface area contributed by atoms with Crippen molar-refractivity contribution in [2.24, 2.45) is 0 Å². The van der Waals surface area contributed by atoms with E-state index in [1.54, 1.807) is 0 Å². The zero-order chi connectivity index (χ0) is 18.8. The van der Waals surface area contributed by atoms with Crippen molar-refractivity contribution in [3.05, 3.63) is 131 Å². The highest BCUT2D eigenvalue weighted by Crippen LogP contribution is 2.28. The van der Waals surface area contributed by atoms with Crippen molar-refractivity contribution in [2.75, 3.05) is 0 Å². The van der Waals surface area contributed by atoms with Crippen LogP contribution in [0.2, 0.25) is 0 Å². The lowest BCUT2D eigenvalue weighted by molar-refractivity contribution is 1.20. The second-order valence-corrected chi connectivity index (χ2v) is 7.50. The minimum absolute atomic E-state index is 0.977. The van der Waals surface area contributed by atoms with Gasteiger partial charge >= 0.3 is 0 Å². The third kappa shape index (κ3) is 3.42. The molecule has 28 heavy (non-hydrogen) atoms. The predicted molar refractivity (Wildman–Crippen MR) is 120 cm³/mol. The largest absolute Gasteiger partial charge is 0.0622 e. The Morgan fingerprint density at radius 1 is 0.357 bits per heavy atom. The van der Waals surface area contributed by atoms with E-state index in [1.165, 1.54) is 43.8 Å². The molecule has 0 aliphatic rings. The minimum Gasteiger partial charge on any atom is -0.0622 e. The normalized spacial score (nSPS) is 11.1. The van der Waals surface area contributed by atoms with Crippen LogP contribution in [0.5, 0.6) is 0 Å². The molecule has 5 aromatic rings. The van der Waals surface area contributed by atoms with E-state index in [2.05, 4.69) is 109 Å². The number of rotatable bonds is 4. The van der Waals surface area contributed by atoms with Gasteiger partial charge in [0.25, 0.3) is 0 Å². The van der Waals surface area contributed by atoms with E-state index in [4.69, 9.17) is 0 Å². The molecule has 0 heterocycles. The van der Waals surface area contributed by atoms with Crippen molar-refractivity contribution >= 4 is 21.5 Å². The topological polar surface area (TPSA) is 0 Å². The van der Waals surface area contributed by atoms with Crippen LogP contribution in [0.15, 0.2) is 109 Å². The summed E-state index contributed by atoms with van der Waals surface area (Å²) in [6.07, 6.45) is 1.95. The van der Waals surface area contributed by atoms with Gasteiger partial charge in [0.1, 0.15) is 0 Å². The Labute approximate surface area is 166 Å². The standard InChI is InChI=1S/C28H22/c1-3-7-21(8-4-1)17-23-11-15-27-25(19-23)13-14-26-20-24(12-16-28(26)27)18-22-9-5-2-6-10-22/h1-16,19-20H,17-18H2. The van der Waals surface area contributed by atoms with E-state index >= 15 is 0 Å². The zero-order valence-electron chi connectivity index (χ0n) is 15.8. The maximum Gasteiger partial charge on any atom is -0.00256 e. The van der Waals surface area contributed by atoms with Gasteiger partial charge in [0.15, 0.2) is 0 Å². The molecule has 0 amide bonds. The first-order valence-corrected chi connectivity index (χ1v) is 9.87. The molecule has 0 atom stereocenters. The Morgan fingerprint density at radius 3 is 1.21 bits per heavy atom. The zero-order valence-corrected chi connectivity index (χ0v) is 15.8. The highest BCUT2D eigenvalue weighted by Gasteiger charge is 2.05. The van der Waals surface area contributed by atoms with Crippen LogP contribution in [-0.4, -0.2) is 0 Å². The van der Waals surface area contributed by atoms with Crippen molar-refractivity contribution < 1.29 is 0 Å². The van der Waals surface area contributed by atoms with Gasteiger partial charge in [0.2, 0.25) is 0 Å². The van der Waals surface area contributed by atoms with Crippen LogP contribution < -0.4 is 0 Å². The Bertz CT molecular complexity index is 1130. The van der Waals surface area contributed by atoms with Crippen LogP contribution in [0.3, 0.4) is 0 Å². The van der Waals surface area contributed by atoms with Crippen molar-refractivity contribution in [3.63, 3.8) is 0 Å². The molecule has 0 bridgehead atoms. The lowest BCUT2D eigenvalue weighted by Crippen LogP contribution is -1.90. The monoisotopic (exact) mass is 358 g/mol. The molecular weight excluding hydrogens is 336 g/mol. The van der Waals surface area contributed by atoms with Gasteiger partial charge in [-0.3, -0.25) is 0 Å². The molecule has 0 aromatic heterocycles. The second kappa shape index (κ2) is 7.32.